The van der Waals surface area contributed by atoms with Gasteiger partial charge in [0.2, 0.25) is 0 Å². The van der Waals surface area contributed by atoms with Crippen molar-refractivity contribution in [1.82, 2.24) is 10.2 Å². The number of piperazine rings is 1. The van der Waals surface area contributed by atoms with Gasteiger partial charge in [0.1, 0.15) is 5.75 Å². The SMILES string of the molecule is COc1ccc(N2CCN(CC3NCCC3C)CC2)cc1. The van der Waals surface area contributed by atoms with E-state index in [4.69, 9.17) is 4.74 Å². The molecule has 2 unspecified atom stereocenters. The Balaban J connectivity index is 1.50. The van der Waals surface area contributed by atoms with Gasteiger partial charge in [0, 0.05) is 44.5 Å². The fraction of sp³-hybridized carbons (Fsp3) is 0.647. The highest BCUT2D eigenvalue weighted by atomic mass is 16.5. The zero-order valence-corrected chi connectivity index (χ0v) is 13.2. The summed E-state index contributed by atoms with van der Waals surface area (Å²) in [4.78, 5) is 5.08. The molecule has 21 heavy (non-hydrogen) atoms. The van der Waals surface area contributed by atoms with Gasteiger partial charge in [0.25, 0.3) is 0 Å². The number of nitrogens with one attached hydrogen (secondary N) is 1. The molecule has 116 valence electrons. The lowest BCUT2D eigenvalue weighted by Crippen LogP contribution is -2.50. The second-order valence-electron chi connectivity index (χ2n) is 6.31. The second kappa shape index (κ2) is 6.67. The van der Waals surface area contributed by atoms with Gasteiger partial charge in [0.05, 0.1) is 7.11 Å². The van der Waals surface area contributed by atoms with Crippen LogP contribution in [-0.4, -0.2) is 57.3 Å². The zero-order chi connectivity index (χ0) is 14.7. The average Bonchev–Trinajstić information content (AvgIpc) is 2.93. The third-order valence-corrected chi connectivity index (χ3v) is 4.96. The molecule has 4 nitrogen and oxygen atoms in total. The van der Waals surface area contributed by atoms with E-state index in [1.807, 2.05) is 12.1 Å². The Kier molecular flexibility index (Phi) is 4.66. The minimum atomic E-state index is 0.692. The van der Waals surface area contributed by atoms with Crippen molar-refractivity contribution in [2.75, 3.05) is 51.3 Å². The second-order valence-corrected chi connectivity index (χ2v) is 6.31. The summed E-state index contributed by atoms with van der Waals surface area (Å²) >= 11 is 0. The first-order valence-electron chi connectivity index (χ1n) is 8.11. The molecule has 1 aromatic rings. The van der Waals surface area contributed by atoms with Gasteiger partial charge in [0.15, 0.2) is 0 Å². The first-order valence-corrected chi connectivity index (χ1v) is 8.11. The molecule has 2 heterocycles. The molecule has 2 saturated heterocycles. The van der Waals surface area contributed by atoms with Gasteiger partial charge in [-0.2, -0.15) is 0 Å². The van der Waals surface area contributed by atoms with Crippen LogP contribution in [0.1, 0.15) is 13.3 Å². The largest absolute Gasteiger partial charge is 0.497 e. The van der Waals surface area contributed by atoms with E-state index in [2.05, 4.69) is 34.2 Å². The van der Waals surface area contributed by atoms with Crippen LogP contribution in [0, 0.1) is 5.92 Å². The topological polar surface area (TPSA) is 27.7 Å². The third kappa shape index (κ3) is 3.50. The summed E-state index contributed by atoms with van der Waals surface area (Å²) < 4.78 is 5.22. The number of rotatable bonds is 4. The number of methoxy groups -OCH3 is 1. The van der Waals surface area contributed by atoms with Crippen LogP contribution >= 0.6 is 0 Å². The molecule has 2 aliphatic heterocycles. The maximum Gasteiger partial charge on any atom is 0.119 e. The minimum Gasteiger partial charge on any atom is -0.497 e. The summed E-state index contributed by atoms with van der Waals surface area (Å²) in [5, 5.41) is 3.64. The Morgan fingerprint density at radius 3 is 2.43 bits per heavy atom. The number of anilines is 1. The fourth-order valence-electron chi connectivity index (χ4n) is 3.40. The summed E-state index contributed by atoms with van der Waals surface area (Å²) in [6.07, 6.45) is 1.33. The van der Waals surface area contributed by atoms with Crippen LogP contribution in [0.15, 0.2) is 24.3 Å². The minimum absolute atomic E-state index is 0.692. The molecular weight excluding hydrogens is 262 g/mol. The highest BCUT2D eigenvalue weighted by molar-refractivity contribution is 5.49. The maximum atomic E-state index is 5.22. The van der Waals surface area contributed by atoms with E-state index in [0.29, 0.717) is 6.04 Å². The summed E-state index contributed by atoms with van der Waals surface area (Å²) in [5.41, 5.74) is 1.31. The van der Waals surface area contributed by atoms with Crippen molar-refractivity contribution >= 4 is 5.69 Å². The van der Waals surface area contributed by atoms with E-state index in [1.54, 1.807) is 7.11 Å². The number of ether oxygens (including phenoxy) is 1. The Labute approximate surface area is 128 Å². The molecule has 3 rings (SSSR count). The standard InChI is InChI=1S/C17H27N3O/c1-14-7-8-18-17(14)13-19-9-11-20(12-10-19)15-3-5-16(21-2)6-4-15/h3-6,14,17-18H,7-13H2,1-2H3. The van der Waals surface area contributed by atoms with Crippen LogP contribution in [0.25, 0.3) is 0 Å². The molecule has 4 heteroatoms. The monoisotopic (exact) mass is 289 g/mol. The fourth-order valence-corrected chi connectivity index (χ4v) is 3.40. The Morgan fingerprint density at radius 1 is 1.14 bits per heavy atom. The third-order valence-electron chi connectivity index (χ3n) is 4.96. The van der Waals surface area contributed by atoms with E-state index in [0.717, 1.165) is 37.8 Å². The normalized spacial score (nSPS) is 27.0. The van der Waals surface area contributed by atoms with Crippen molar-refractivity contribution in [2.45, 2.75) is 19.4 Å². The molecule has 1 N–H and O–H groups in total. The highest BCUT2D eigenvalue weighted by Crippen LogP contribution is 2.21. The Morgan fingerprint density at radius 2 is 1.86 bits per heavy atom. The molecule has 0 saturated carbocycles. The Hall–Kier alpha value is -1.26. The predicted molar refractivity (Wildman–Crippen MR) is 87.2 cm³/mol. The molecule has 0 aromatic heterocycles. The van der Waals surface area contributed by atoms with Crippen LogP contribution in [0.5, 0.6) is 5.75 Å². The molecule has 2 aliphatic rings. The molecule has 0 amide bonds. The predicted octanol–water partition coefficient (Wildman–Crippen LogP) is 1.82. The molecular formula is C17H27N3O. The summed E-state index contributed by atoms with van der Waals surface area (Å²) in [6, 6.07) is 9.11. The number of hydrogen-bond acceptors (Lipinski definition) is 4. The summed E-state index contributed by atoms with van der Waals surface area (Å²) in [5.74, 6) is 1.75. The van der Waals surface area contributed by atoms with Crippen molar-refractivity contribution in [1.29, 1.82) is 0 Å². The molecule has 0 aliphatic carbocycles. The highest BCUT2D eigenvalue weighted by Gasteiger charge is 2.26. The molecule has 0 radical (unpaired) electrons. The van der Waals surface area contributed by atoms with Gasteiger partial charge in [-0.3, -0.25) is 4.90 Å². The maximum absolute atomic E-state index is 5.22. The van der Waals surface area contributed by atoms with Crippen LogP contribution in [-0.2, 0) is 0 Å². The first-order chi connectivity index (χ1) is 10.3. The first kappa shape index (κ1) is 14.7. The molecule has 2 atom stereocenters. The number of benzene rings is 1. The quantitative estimate of drug-likeness (QED) is 0.915. The molecule has 0 bridgehead atoms. The van der Waals surface area contributed by atoms with Gasteiger partial charge in [-0.15, -0.1) is 0 Å². The smallest absolute Gasteiger partial charge is 0.119 e. The molecule has 2 fully saturated rings. The van der Waals surface area contributed by atoms with E-state index >= 15 is 0 Å². The van der Waals surface area contributed by atoms with Crippen molar-refractivity contribution in [3.63, 3.8) is 0 Å². The van der Waals surface area contributed by atoms with E-state index in [1.165, 1.54) is 25.2 Å². The van der Waals surface area contributed by atoms with Gasteiger partial charge >= 0.3 is 0 Å². The molecule has 1 aromatic carbocycles. The summed E-state index contributed by atoms with van der Waals surface area (Å²) in [6.45, 7) is 9.34. The zero-order valence-electron chi connectivity index (χ0n) is 13.2. The lowest BCUT2D eigenvalue weighted by molar-refractivity contribution is 0.222. The van der Waals surface area contributed by atoms with Crippen LogP contribution in [0.4, 0.5) is 5.69 Å². The van der Waals surface area contributed by atoms with E-state index in [9.17, 15) is 0 Å². The van der Waals surface area contributed by atoms with Crippen molar-refractivity contribution in [3.8, 4) is 5.75 Å². The van der Waals surface area contributed by atoms with Gasteiger partial charge in [-0.25, -0.2) is 0 Å². The summed E-state index contributed by atoms with van der Waals surface area (Å²) in [7, 11) is 1.71. The van der Waals surface area contributed by atoms with Crippen LogP contribution in [0.3, 0.4) is 0 Å². The van der Waals surface area contributed by atoms with Crippen LogP contribution in [0.2, 0.25) is 0 Å². The van der Waals surface area contributed by atoms with Crippen molar-refractivity contribution < 1.29 is 4.74 Å². The van der Waals surface area contributed by atoms with Crippen LogP contribution < -0.4 is 15.0 Å². The average molecular weight is 289 g/mol. The lowest BCUT2D eigenvalue weighted by atomic mass is 10.0. The van der Waals surface area contributed by atoms with Gasteiger partial charge < -0.3 is 15.0 Å². The van der Waals surface area contributed by atoms with Crippen molar-refractivity contribution in [3.05, 3.63) is 24.3 Å². The Bertz CT molecular complexity index is 440. The number of nitrogens with zero attached hydrogens (tertiary/aromatic N) is 2. The van der Waals surface area contributed by atoms with Crippen molar-refractivity contribution in [2.24, 2.45) is 5.92 Å². The number of hydrogen-bond donors (Lipinski definition) is 1. The molecule has 0 spiro atoms. The van der Waals surface area contributed by atoms with E-state index < -0.39 is 0 Å². The van der Waals surface area contributed by atoms with Gasteiger partial charge in [-0.05, 0) is 43.1 Å². The van der Waals surface area contributed by atoms with Gasteiger partial charge in [-0.1, -0.05) is 6.92 Å². The lowest BCUT2D eigenvalue weighted by Gasteiger charge is -2.37. The van der Waals surface area contributed by atoms with E-state index in [-0.39, 0.29) is 0 Å².